The Morgan fingerprint density at radius 1 is 0.920 bits per heavy atom. The molecule has 1 heterocycles. The van der Waals surface area contributed by atoms with Crippen LogP contribution in [0.4, 0.5) is 10.5 Å². The third kappa shape index (κ3) is 9.50. The number of rotatable bonds is 13. The summed E-state index contributed by atoms with van der Waals surface area (Å²) in [5, 5.41) is 43.2. The molecular weight excluding hydrogens is 640 g/mol. The number of aromatic amines is 1. The van der Waals surface area contributed by atoms with Crippen molar-refractivity contribution in [2.75, 3.05) is 18.5 Å². The summed E-state index contributed by atoms with van der Waals surface area (Å²) in [6.45, 7) is 3.87. The summed E-state index contributed by atoms with van der Waals surface area (Å²) in [7, 11) is 0. The van der Waals surface area contributed by atoms with Gasteiger partial charge in [-0.1, -0.05) is 30.3 Å². The average Bonchev–Trinajstić information content (AvgIpc) is 3.66. The van der Waals surface area contributed by atoms with Crippen LogP contribution in [-0.2, 0) is 16.0 Å². The highest BCUT2D eigenvalue weighted by atomic mass is 16.4. The lowest BCUT2D eigenvalue weighted by Gasteiger charge is -2.29. The molecule has 2 atom stereocenters. The van der Waals surface area contributed by atoms with Gasteiger partial charge in [-0.3, -0.25) is 14.4 Å². The summed E-state index contributed by atoms with van der Waals surface area (Å²) in [5.41, 5.74) is 5.40. The van der Waals surface area contributed by atoms with E-state index in [4.69, 9.17) is 5.11 Å². The summed E-state index contributed by atoms with van der Waals surface area (Å²) in [5.74, 6) is -0.498. The van der Waals surface area contributed by atoms with Crippen LogP contribution in [0.15, 0.2) is 66.7 Å². The standard InChI is InChI=1S/C36H42N8O6/c1-21-17-28(34(47)38-22(2)20-45)13-16-30(21)25-7-3-23(4-8-25)18-31(40-33(46)27-9-5-24(6-10-27)19-37-36(49)50)35(48)39-29-14-11-26(12-15-29)32-41-43-44-42-32/h3-4,7-8,11-17,22,24,27,31,37,45H,5-6,9-10,18-20H2,1-2H3,(H,38,47)(H,39,48)(H,40,46)(H,49,50)(H,41,42,43,44)/t22?,24?,27?,31-/m0/s1. The molecule has 1 aromatic heterocycles. The van der Waals surface area contributed by atoms with E-state index in [1.807, 2.05) is 43.3 Å². The van der Waals surface area contributed by atoms with Gasteiger partial charge in [0.05, 0.1) is 6.61 Å². The van der Waals surface area contributed by atoms with Crippen LogP contribution in [0.1, 0.15) is 54.1 Å². The zero-order chi connectivity index (χ0) is 35.6. The molecule has 0 radical (unpaired) electrons. The maximum Gasteiger partial charge on any atom is 0.404 e. The number of amides is 4. The third-order valence-electron chi connectivity index (χ3n) is 8.99. The van der Waals surface area contributed by atoms with Gasteiger partial charge in [-0.05, 0) is 109 Å². The highest BCUT2D eigenvalue weighted by Gasteiger charge is 2.30. The maximum absolute atomic E-state index is 13.7. The molecule has 50 heavy (non-hydrogen) atoms. The molecule has 1 aliphatic rings. The molecule has 1 saturated carbocycles. The molecule has 7 N–H and O–H groups in total. The Kier molecular flexibility index (Phi) is 11.9. The number of carbonyl (C=O) groups is 4. The first kappa shape index (κ1) is 35.7. The molecule has 1 fully saturated rings. The first-order valence-electron chi connectivity index (χ1n) is 16.6. The van der Waals surface area contributed by atoms with Gasteiger partial charge in [-0.2, -0.15) is 5.21 Å². The van der Waals surface area contributed by atoms with Gasteiger partial charge >= 0.3 is 6.09 Å². The van der Waals surface area contributed by atoms with E-state index in [1.54, 1.807) is 37.3 Å². The largest absolute Gasteiger partial charge is 0.465 e. The number of benzene rings is 3. The minimum Gasteiger partial charge on any atom is -0.465 e. The van der Waals surface area contributed by atoms with Crippen molar-refractivity contribution in [1.29, 1.82) is 0 Å². The van der Waals surface area contributed by atoms with Gasteiger partial charge in [0.2, 0.25) is 17.6 Å². The highest BCUT2D eigenvalue weighted by molar-refractivity contribution is 5.98. The van der Waals surface area contributed by atoms with Gasteiger partial charge in [-0.25, -0.2) is 4.79 Å². The van der Waals surface area contributed by atoms with Crippen LogP contribution in [-0.4, -0.2) is 79.9 Å². The smallest absolute Gasteiger partial charge is 0.404 e. The Bertz CT molecular complexity index is 1770. The minimum absolute atomic E-state index is 0.147. The monoisotopic (exact) mass is 682 g/mol. The zero-order valence-corrected chi connectivity index (χ0v) is 28.0. The topological polar surface area (TPSA) is 211 Å². The van der Waals surface area contributed by atoms with E-state index in [2.05, 4.69) is 41.9 Å². The van der Waals surface area contributed by atoms with E-state index in [-0.39, 0.29) is 48.6 Å². The van der Waals surface area contributed by atoms with Gasteiger partial charge in [0.1, 0.15) is 6.04 Å². The summed E-state index contributed by atoms with van der Waals surface area (Å²) >= 11 is 0. The van der Waals surface area contributed by atoms with Crippen molar-refractivity contribution in [3.8, 4) is 22.5 Å². The molecular formula is C36H42N8O6. The normalized spacial score (nSPS) is 16.9. The molecule has 1 unspecified atom stereocenters. The van der Waals surface area contributed by atoms with Crippen molar-refractivity contribution in [3.63, 3.8) is 0 Å². The molecule has 4 aromatic rings. The quantitative estimate of drug-likeness (QED) is 0.109. The number of aromatic nitrogens is 4. The number of nitrogens with zero attached hydrogens (tertiary/aromatic N) is 3. The predicted octanol–water partition coefficient (Wildman–Crippen LogP) is 3.69. The second kappa shape index (κ2) is 16.7. The molecule has 5 rings (SSSR count). The summed E-state index contributed by atoms with van der Waals surface area (Å²) in [6.07, 6.45) is 1.85. The molecule has 0 saturated heterocycles. The van der Waals surface area contributed by atoms with Crippen LogP contribution < -0.4 is 21.3 Å². The molecule has 3 aromatic carbocycles. The van der Waals surface area contributed by atoms with E-state index in [9.17, 15) is 24.3 Å². The molecule has 0 bridgehead atoms. The van der Waals surface area contributed by atoms with Gasteiger partial charge < -0.3 is 31.5 Å². The number of carboxylic acid groups (broad SMARTS) is 1. The number of hydrogen-bond donors (Lipinski definition) is 7. The number of tetrazole rings is 1. The molecule has 0 spiro atoms. The Morgan fingerprint density at radius 2 is 1.62 bits per heavy atom. The zero-order valence-electron chi connectivity index (χ0n) is 28.0. The fraction of sp³-hybridized carbons (Fsp3) is 0.361. The van der Waals surface area contributed by atoms with Crippen LogP contribution in [0.5, 0.6) is 0 Å². The van der Waals surface area contributed by atoms with Crippen LogP contribution in [0.25, 0.3) is 22.5 Å². The predicted molar refractivity (Wildman–Crippen MR) is 186 cm³/mol. The highest BCUT2D eigenvalue weighted by Crippen LogP contribution is 2.29. The van der Waals surface area contributed by atoms with Gasteiger partial charge in [-0.15, -0.1) is 10.2 Å². The Morgan fingerprint density at radius 3 is 2.24 bits per heavy atom. The van der Waals surface area contributed by atoms with Crippen molar-refractivity contribution < 1.29 is 29.4 Å². The van der Waals surface area contributed by atoms with E-state index < -0.39 is 12.1 Å². The number of nitrogens with one attached hydrogen (secondary N) is 5. The Balaban J connectivity index is 1.28. The molecule has 0 aliphatic heterocycles. The average molecular weight is 683 g/mol. The number of H-pyrrole nitrogens is 1. The molecule has 262 valence electrons. The van der Waals surface area contributed by atoms with E-state index in [1.165, 1.54) is 0 Å². The summed E-state index contributed by atoms with van der Waals surface area (Å²) in [4.78, 5) is 50.6. The van der Waals surface area contributed by atoms with E-state index in [0.29, 0.717) is 36.5 Å². The summed E-state index contributed by atoms with van der Waals surface area (Å²) < 4.78 is 0. The van der Waals surface area contributed by atoms with Crippen LogP contribution in [0.2, 0.25) is 0 Å². The lowest BCUT2D eigenvalue weighted by atomic mass is 9.81. The van der Waals surface area contributed by atoms with E-state index >= 15 is 0 Å². The van der Waals surface area contributed by atoms with Crippen molar-refractivity contribution in [2.45, 2.75) is 58.0 Å². The Hall–Kier alpha value is -5.63. The fourth-order valence-electron chi connectivity index (χ4n) is 6.11. The van der Waals surface area contributed by atoms with Crippen molar-refractivity contribution in [2.24, 2.45) is 11.8 Å². The first-order chi connectivity index (χ1) is 24.1. The SMILES string of the molecule is Cc1cc(C(=O)NC(C)CO)ccc1-c1ccc(C[C@H](NC(=O)C2CCC(CNC(=O)O)CC2)C(=O)Nc2ccc(-c3nn[nH]n3)cc2)cc1. The lowest BCUT2D eigenvalue weighted by Crippen LogP contribution is -2.48. The Labute approximate surface area is 289 Å². The number of aryl methyl sites for hydroxylation is 1. The lowest BCUT2D eigenvalue weighted by molar-refractivity contribution is -0.130. The number of aliphatic hydroxyl groups is 1. The van der Waals surface area contributed by atoms with Gasteiger partial charge in [0, 0.05) is 41.7 Å². The second-order valence-corrected chi connectivity index (χ2v) is 12.8. The summed E-state index contributed by atoms with van der Waals surface area (Å²) in [6, 6.07) is 19.0. The number of hydrogen-bond acceptors (Lipinski definition) is 8. The van der Waals surface area contributed by atoms with Crippen LogP contribution >= 0.6 is 0 Å². The number of anilines is 1. The second-order valence-electron chi connectivity index (χ2n) is 12.8. The van der Waals surface area contributed by atoms with Crippen molar-refractivity contribution in [3.05, 3.63) is 83.4 Å². The van der Waals surface area contributed by atoms with Crippen LogP contribution in [0, 0.1) is 18.8 Å². The molecule has 1 aliphatic carbocycles. The number of carbonyl (C=O) groups excluding carboxylic acids is 3. The molecule has 14 heteroatoms. The first-order valence-corrected chi connectivity index (χ1v) is 16.6. The fourth-order valence-corrected chi connectivity index (χ4v) is 6.11. The van der Waals surface area contributed by atoms with E-state index in [0.717, 1.165) is 40.7 Å². The van der Waals surface area contributed by atoms with Gasteiger partial charge in [0.25, 0.3) is 5.91 Å². The molecule has 14 nitrogen and oxygen atoms in total. The number of aliphatic hydroxyl groups excluding tert-OH is 1. The third-order valence-corrected chi connectivity index (χ3v) is 8.99. The molecule has 4 amide bonds. The van der Waals surface area contributed by atoms with Crippen molar-refractivity contribution >= 4 is 29.5 Å². The van der Waals surface area contributed by atoms with Crippen molar-refractivity contribution in [1.82, 2.24) is 36.6 Å². The van der Waals surface area contributed by atoms with Crippen LogP contribution in [0.3, 0.4) is 0 Å². The maximum atomic E-state index is 13.7. The van der Waals surface area contributed by atoms with Gasteiger partial charge in [0.15, 0.2) is 0 Å². The minimum atomic E-state index is -1.06.